The Morgan fingerprint density at radius 2 is 1.29 bits per heavy atom. The summed E-state index contributed by atoms with van der Waals surface area (Å²) in [6.45, 7) is 0. The van der Waals surface area contributed by atoms with Crippen molar-refractivity contribution in [2.45, 2.75) is 0 Å². The minimum atomic E-state index is -0.587. The highest BCUT2D eigenvalue weighted by Gasteiger charge is 2.19. The fourth-order valence-electron chi connectivity index (χ4n) is 5.95. The molecule has 8 aromatic carbocycles. The molecule has 0 unspecified atom stereocenters. The molecular weight excluding hydrogens is 496 g/mol. The zero-order valence-corrected chi connectivity index (χ0v) is 21.4. The van der Waals surface area contributed by atoms with Crippen LogP contribution in [0.5, 0.6) is 0 Å². The lowest BCUT2D eigenvalue weighted by molar-refractivity contribution is 0.673. The van der Waals surface area contributed by atoms with E-state index in [4.69, 9.17) is 16.8 Å². The minimum Gasteiger partial charge on any atom is -0.455 e. The van der Waals surface area contributed by atoms with E-state index in [1.165, 1.54) is 0 Å². The molecule has 9 rings (SSSR count). The Morgan fingerprint density at radius 3 is 2.20 bits per heavy atom. The smallest absolute Gasteiger partial charge is 0.143 e. The van der Waals surface area contributed by atoms with Crippen LogP contribution in [0.25, 0.3) is 87.3 Å². The van der Waals surface area contributed by atoms with Crippen LogP contribution in [0, 0.1) is 0 Å². The van der Waals surface area contributed by atoms with Gasteiger partial charge in [-0.3, -0.25) is 0 Å². The van der Waals surface area contributed by atoms with Gasteiger partial charge in [-0.2, -0.15) is 0 Å². The van der Waals surface area contributed by atoms with Crippen LogP contribution in [-0.2, 0) is 0 Å². The van der Waals surface area contributed by atoms with Gasteiger partial charge in [0.05, 0.1) is 15.1 Å². The second-order valence-electron chi connectivity index (χ2n) is 10.0. The van der Waals surface area contributed by atoms with Gasteiger partial charge in [-0.15, -0.1) is 0 Å². The normalized spacial score (nSPS) is 15.7. The molecule has 1 aromatic heterocycles. The monoisotopic (exact) mass is 531 g/mol. The standard InChI is InChI=1S/C40H24O/c1-2-9-25(10-3-1)28-18-17-27-20-22-34-39-33(15-8-16-37(39)41-40(34)35(27)23-28)38-31-14-7-5-12-29(31)24-36-30-13-6-4-11-26(30)19-21-32(36)38/h1-24H/i4D,5D,6D,7D,11D,12D,13D,14D,19D,21D,24D. The van der Waals surface area contributed by atoms with Gasteiger partial charge in [0.25, 0.3) is 0 Å². The summed E-state index contributed by atoms with van der Waals surface area (Å²) in [4.78, 5) is 0. The summed E-state index contributed by atoms with van der Waals surface area (Å²) < 4.78 is 104. The number of furan rings is 1. The van der Waals surface area contributed by atoms with Crippen LogP contribution in [0.1, 0.15) is 15.1 Å². The highest BCUT2D eigenvalue weighted by Crippen LogP contribution is 2.45. The second-order valence-corrected chi connectivity index (χ2v) is 10.0. The lowest BCUT2D eigenvalue weighted by Crippen LogP contribution is -1.88. The predicted octanol–water partition coefficient (Wildman–Crippen LogP) is 11.5. The molecule has 0 fully saturated rings. The van der Waals surface area contributed by atoms with Crippen molar-refractivity contribution in [2.24, 2.45) is 0 Å². The van der Waals surface area contributed by atoms with Gasteiger partial charge in [-0.05, 0) is 84.2 Å². The maximum atomic E-state index is 9.42. The lowest BCUT2D eigenvalue weighted by Gasteiger charge is -2.15. The van der Waals surface area contributed by atoms with E-state index in [-0.39, 0.29) is 37.9 Å². The maximum Gasteiger partial charge on any atom is 0.143 e. The van der Waals surface area contributed by atoms with Crippen molar-refractivity contribution in [2.75, 3.05) is 0 Å². The summed E-state index contributed by atoms with van der Waals surface area (Å²) in [6.07, 6.45) is 0. The van der Waals surface area contributed by atoms with Crippen molar-refractivity contribution < 1.29 is 19.5 Å². The average Bonchev–Trinajstić information content (AvgIpc) is 3.55. The largest absolute Gasteiger partial charge is 0.455 e. The van der Waals surface area contributed by atoms with Gasteiger partial charge >= 0.3 is 0 Å². The van der Waals surface area contributed by atoms with E-state index in [0.717, 1.165) is 21.9 Å². The topological polar surface area (TPSA) is 13.1 Å². The Kier molecular flexibility index (Phi) is 2.98. The number of hydrogen-bond acceptors (Lipinski definition) is 1. The van der Waals surface area contributed by atoms with Crippen LogP contribution < -0.4 is 0 Å². The summed E-state index contributed by atoms with van der Waals surface area (Å²) >= 11 is 0. The molecule has 0 spiro atoms. The third kappa shape index (κ3) is 3.30. The Morgan fingerprint density at radius 1 is 0.488 bits per heavy atom. The Balaban J connectivity index is 1.53. The molecule has 41 heavy (non-hydrogen) atoms. The van der Waals surface area contributed by atoms with Crippen molar-refractivity contribution in [1.29, 1.82) is 0 Å². The molecule has 0 aliphatic heterocycles. The minimum absolute atomic E-state index is 0.0286. The molecule has 0 bridgehead atoms. The number of fused-ring (bicyclic) bond motifs is 9. The number of hydrogen-bond donors (Lipinski definition) is 0. The van der Waals surface area contributed by atoms with Crippen molar-refractivity contribution in [3.8, 4) is 22.3 Å². The molecule has 1 nitrogen and oxygen atoms in total. The van der Waals surface area contributed by atoms with Crippen LogP contribution in [0.15, 0.2) is 150 Å². The van der Waals surface area contributed by atoms with Gasteiger partial charge in [0.2, 0.25) is 0 Å². The summed E-state index contributed by atoms with van der Waals surface area (Å²) in [5.41, 5.74) is 3.62. The first-order valence-electron chi connectivity index (χ1n) is 18.7. The molecule has 0 atom stereocenters. The van der Waals surface area contributed by atoms with Gasteiger partial charge in [-0.1, -0.05) is 121 Å². The van der Waals surface area contributed by atoms with Crippen LogP contribution in [0.2, 0.25) is 0 Å². The third-order valence-corrected chi connectivity index (χ3v) is 7.79. The fraction of sp³-hybridized carbons (Fsp3) is 0. The molecule has 0 N–H and O–H groups in total. The highest BCUT2D eigenvalue weighted by molar-refractivity contribution is 6.26. The average molecular weight is 532 g/mol. The van der Waals surface area contributed by atoms with Crippen molar-refractivity contribution >= 4 is 65.0 Å². The van der Waals surface area contributed by atoms with Gasteiger partial charge in [0.1, 0.15) is 11.2 Å². The molecular formula is C40H24O. The maximum absolute atomic E-state index is 9.42. The first-order valence-corrected chi connectivity index (χ1v) is 13.2. The molecule has 0 saturated heterocycles. The lowest BCUT2D eigenvalue weighted by atomic mass is 9.88. The summed E-state index contributed by atoms with van der Waals surface area (Å²) in [6, 6.07) is 19.6. The number of rotatable bonds is 2. The van der Waals surface area contributed by atoms with Crippen molar-refractivity contribution in [3.05, 3.63) is 145 Å². The molecule has 9 aromatic rings. The van der Waals surface area contributed by atoms with Crippen LogP contribution in [0.3, 0.4) is 0 Å². The van der Waals surface area contributed by atoms with Gasteiger partial charge < -0.3 is 4.42 Å². The predicted molar refractivity (Wildman–Crippen MR) is 175 cm³/mol. The molecule has 0 amide bonds. The Bertz CT molecular complexity index is 3080. The van der Waals surface area contributed by atoms with Gasteiger partial charge in [0, 0.05) is 16.2 Å². The van der Waals surface area contributed by atoms with E-state index in [0.29, 0.717) is 27.5 Å². The Hall–Kier alpha value is -5.40. The molecule has 1 heterocycles. The highest BCUT2D eigenvalue weighted by atomic mass is 16.3. The Labute approximate surface area is 252 Å². The van der Waals surface area contributed by atoms with Gasteiger partial charge in [0.15, 0.2) is 0 Å². The van der Waals surface area contributed by atoms with Crippen molar-refractivity contribution in [1.82, 2.24) is 0 Å². The van der Waals surface area contributed by atoms with E-state index < -0.39 is 66.5 Å². The van der Waals surface area contributed by atoms with Crippen LogP contribution >= 0.6 is 0 Å². The van der Waals surface area contributed by atoms with E-state index in [9.17, 15) is 2.74 Å². The van der Waals surface area contributed by atoms with E-state index in [1.807, 2.05) is 54.6 Å². The molecule has 0 aliphatic carbocycles. The van der Waals surface area contributed by atoms with E-state index in [1.54, 1.807) is 18.2 Å². The molecule has 1 heteroatoms. The second kappa shape index (κ2) is 8.55. The van der Waals surface area contributed by atoms with Crippen LogP contribution in [0.4, 0.5) is 0 Å². The third-order valence-electron chi connectivity index (χ3n) is 7.79. The SMILES string of the molecule is [2H]c1c([2H])c([2H])c2c([2H])c3c(c([2H])c([2H])c4c([2H])c([2H])c([2H])c([2H])c43)c(-c3cccc4oc5c6cc(-c7ccccc7)ccc6ccc5c34)c2c1[2H]. The van der Waals surface area contributed by atoms with Crippen molar-refractivity contribution in [3.63, 3.8) is 0 Å². The number of benzene rings is 8. The quantitative estimate of drug-likeness (QED) is 0.160. The van der Waals surface area contributed by atoms with Gasteiger partial charge in [-0.25, -0.2) is 0 Å². The fourth-order valence-corrected chi connectivity index (χ4v) is 5.95. The molecule has 0 saturated carbocycles. The molecule has 190 valence electrons. The zero-order chi connectivity index (χ0) is 36.5. The molecule has 0 aliphatic rings. The summed E-state index contributed by atoms with van der Waals surface area (Å²) in [7, 11) is 0. The molecule has 0 radical (unpaired) electrons. The van der Waals surface area contributed by atoms with Crippen LogP contribution in [-0.4, -0.2) is 0 Å². The zero-order valence-electron chi connectivity index (χ0n) is 32.4. The van der Waals surface area contributed by atoms with E-state index in [2.05, 4.69) is 6.07 Å². The summed E-state index contributed by atoms with van der Waals surface area (Å²) in [5.74, 6) is 0. The summed E-state index contributed by atoms with van der Waals surface area (Å²) in [5, 5.41) is 2.33. The first-order chi connectivity index (χ1) is 24.9. The first kappa shape index (κ1) is 14.3. The van der Waals surface area contributed by atoms with E-state index >= 15 is 0 Å².